The summed E-state index contributed by atoms with van der Waals surface area (Å²) in [6, 6.07) is 8.90. The molecule has 0 amide bonds. The van der Waals surface area contributed by atoms with Crippen molar-refractivity contribution in [3.63, 3.8) is 0 Å². The molecule has 0 aromatic heterocycles. The Labute approximate surface area is 99.4 Å². The van der Waals surface area contributed by atoms with Crippen LogP contribution in [0.1, 0.15) is 51.7 Å². The van der Waals surface area contributed by atoms with Gasteiger partial charge < -0.3 is 0 Å². The summed E-state index contributed by atoms with van der Waals surface area (Å²) in [4.78, 5) is 0. The third kappa shape index (κ3) is 1.61. The van der Waals surface area contributed by atoms with Crippen molar-refractivity contribution in [2.45, 2.75) is 40.5 Å². The van der Waals surface area contributed by atoms with Crippen molar-refractivity contribution in [3.8, 4) is 0 Å². The Balaban J connectivity index is 2.62. The second-order valence-corrected chi connectivity index (χ2v) is 5.49. The lowest BCUT2D eigenvalue weighted by Gasteiger charge is -2.18. The summed E-state index contributed by atoms with van der Waals surface area (Å²) in [5.41, 5.74) is 6.26. The molecule has 1 aromatic rings. The van der Waals surface area contributed by atoms with Crippen molar-refractivity contribution >= 4 is 5.57 Å². The monoisotopic (exact) mass is 214 g/mol. The number of allylic oxidation sites excluding steroid dienone is 2. The minimum atomic E-state index is 0.605. The van der Waals surface area contributed by atoms with Crippen molar-refractivity contribution in [2.75, 3.05) is 0 Å². The van der Waals surface area contributed by atoms with E-state index in [0.29, 0.717) is 17.8 Å². The summed E-state index contributed by atoms with van der Waals surface area (Å²) in [5.74, 6) is 1.89. The zero-order chi connectivity index (χ0) is 11.9. The summed E-state index contributed by atoms with van der Waals surface area (Å²) in [6.07, 6.45) is 0. The van der Waals surface area contributed by atoms with Gasteiger partial charge in [0.2, 0.25) is 0 Å². The Bertz CT molecular complexity index is 421. The van der Waals surface area contributed by atoms with Crippen molar-refractivity contribution < 1.29 is 0 Å². The van der Waals surface area contributed by atoms with E-state index in [0.717, 1.165) is 0 Å². The number of hydrogen-bond donors (Lipinski definition) is 0. The van der Waals surface area contributed by atoms with Gasteiger partial charge in [0.05, 0.1) is 0 Å². The Morgan fingerprint density at radius 2 is 1.56 bits per heavy atom. The Morgan fingerprint density at radius 3 is 2.12 bits per heavy atom. The van der Waals surface area contributed by atoms with Crippen LogP contribution in [0, 0.1) is 11.8 Å². The maximum atomic E-state index is 2.35. The van der Waals surface area contributed by atoms with Gasteiger partial charge in [-0.3, -0.25) is 0 Å². The van der Waals surface area contributed by atoms with E-state index in [9.17, 15) is 0 Å². The molecule has 2 rings (SSSR count). The maximum Gasteiger partial charge on any atom is 0.00345 e. The van der Waals surface area contributed by atoms with Gasteiger partial charge in [0.15, 0.2) is 0 Å². The maximum absolute atomic E-state index is 2.35. The molecular formula is C16H22. The predicted octanol–water partition coefficient (Wildman–Crippen LogP) is 4.87. The Hall–Kier alpha value is -1.04. The fourth-order valence-corrected chi connectivity index (χ4v) is 3.13. The van der Waals surface area contributed by atoms with Gasteiger partial charge in [-0.05, 0) is 28.5 Å². The van der Waals surface area contributed by atoms with Crippen LogP contribution in [0.3, 0.4) is 0 Å². The van der Waals surface area contributed by atoms with Crippen LogP contribution in [0.2, 0.25) is 0 Å². The van der Waals surface area contributed by atoms with Crippen molar-refractivity contribution in [1.82, 2.24) is 0 Å². The van der Waals surface area contributed by atoms with E-state index >= 15 is 0 Å². The molecule has 1 unspecified atom stereocenters. The van der Waals surface area contributed by atoms with Crippen molar-refractivity contribution in [1.29, 1.82) is 0 Å². The van der Waals surface area contributed by atoms with Gasteiger partial charge in [-0.1, -0.05) is 64.5 Å². The quantitative estimate of drug-likeness (QED) is 0.659. The first-order valence-electron chi connectivity index (χ1n) is 6.37. The van der Waals surface area contributed by atoms with E-state index in [1.54, 1.807) is 11.1 Å². The van der Waals surface area contributed by atoms with Gasteiger partial charge in [0.1, 0.15) is 0 Å². The molecule has 0 saturated carbocycles. The molecule has 1 aromatic carbocycles. The fourth-order valence-electron chi connectivity index (χ4n) is 3.13. The van der Waals surface area contributed by atoms with Crippen LogP contribution in [0.15, 0.2) is 29.8 Å². The first kappa shape index (κ1) is 11.4. The van der Waals surface area contributed by atoms with Gasteiger partial charge in [0, 0.05) is 5.92 Å². The molecule has 0 N–H and O–H groups in total. The van der Waals surface area contributed by atoms with Crippen LogP contribution < -0.4 is 0 Å². The van der Waals surface area contributed by atoms with E-state index in [2.05, 4.69) is 58.9 Å². The van der Waals surface area contributed by atoms with E-state index < -0.39 is 0 Å². The van der Waals surface area contributed by atoms with E-state index in [1.807, 2.05) is 0 Å². The largest absolute Gasteiger partial charge is 0.0619 e. The van der Waals surface area contributed by atoms with E-state index in [1.165, 1.54) is 11.1 Å². The predicted molar refractivity (Wildman–Crippen MR) is 71.5 cm³/mol. The van der Waals surface area contributed by atoms with Crippen LogP contribution in [0.4, 0.5) is 0 Å². The second-order valence-electron chi connectivity index (χ2n) is 5.49. The van der Waals surface area contributed by atoms with Gasteiger partial charge in [-0.25, -0.2) is 0 Å². The summed E-state index contributed by atoms with van der Waals surface area (Å²) in [7, 11) is 0. The van der Waals surface area contributed by atoms with Crippen LogP contribution in [0.25, 0.3) is 5.57 Å². The molecular weight excluding hydrogens is 192 g/mol. The number of rotatable bonds is 2. The zero-order valence-corrected chi connectivity index (χ0v) is 11.0. The molecule has 86 valence electrons. The SMILES string of the molecule is CC(C)C1=C(C(C)C)C(C)c2ccccc21. The van der Waals surface area contributed by atoms with E-state index in [-0.39, 0.29) is 0 Å². The summed E-state index contributed by atoms with van der Waals surface area (Å²) >= 11 is 0. The minimum Gasteiger partial charge on any atom is -0.0619 e. The average molecular weight is 214 g/mol. The molecule has 0 heterocycles. The lowest BCUT2D eigenvalue weighted by molar-refractivity contribution is 0.685. The van der Waals surface area contributed by atoms with Crippen LogP contribution in [0.5, 0.6) is 0 Å². The number of hydrogen-bond acceptors (Lipinski definition) is 0. The van der Waals surface area contributed by atoms with Crippen LogP contribution >= 0.6 is 0 Å². The smallest absolute Gasteiger partial charge is 0.00345 e. The third-order valence-electron chi connectivity index (χ3n) is 3.69. The molecule has 0 nitrogen and oxygen atoms in total. The summed E-state index contributed by atoms with van der Waals surface area (Å²) < 4.78 is 0. The highest BCUT2D eigenvalue weighted by Crippen LogP contribution is 2.47. The molecule has 0 radical (unpaired) electrons. The lowest BCUT2D eigenvalue weighted by Crippen LogP contribution is -2.02. The first-order valence-corrected chi connectivity index (χ1v) is 6.37. The highest BCUT2D eigenvalue weighted by Gasteiger charge is 2.30. The number of benzene rings is 1. The van der Waals surface area contributed by atoms with E-state index in [4.69, 9.17) is 0 Å². The molecule has 0 heteroatoms. The van der Waals surface area contributed by atoms with Crippen molar-refractivity contribution in [2.24, 2.45) is 11.8 Å². The van der Waals surface area contributed by atoms with Crippen LogP contribution in [-0.2, 0) is 0 Å². The Kier molecular flexibility index (Phi) is 2.92. The zero-order valence-electron chi connectivity index (χ0n) is 11.0. The van der Waals surface area contributed by atoms with Gasteiger partial charge in [-0.2, -0.15) is 0 Å². The fraction of sp³-hybridized carbons (Fsp3) is 0.500. The topological polar surface area (TPSA) is 0 Å². The molecule has 1 aliphatic rings. The van der Waals surface area contributed by atoms with Gasteiger partial charge in [-0.15, -0.1) is 0 Å². The average Bonchev–Trinajstić information content (AvgIpc) is 2.53. The molecule has 0 bridgehead atoms. The van der Waals surface area contributed by atoms with Crippen molar-refractivity contribution in [3.05, 3.63) is 41.0 Å². The van der Waals surface area contributed by atoms with Gasteiger partial charge in [0.25, 0.3) is 0 Å². The molecule has 16 heavy (non-hydrogen) atoms. The molecule has 0 fully saturated rings. The lowest BCUT2D eigenvalue weighted by atomic mass is 9.87. The molecule has 0 saturated heterocycles. The normalized spacial score (nSPS) is 19.8. The standard InChI is InChI=1S/C16H22/c1-10(2)15-12(5)13-8-6-7-9-14(13)16(15)11(3)4/h6-12H,1-5H3. The van der Waals surface area contributed by atoms with Crippen LogP contribution in [-0.4, -0.2) is 0 Å². The highest BCUT2D eigenvalue weighted by atomic mass is 14.3. The third-order valence-corrected chi connectivity index (χ3v) is 3.69. The second kappa shape index (κ2) is 4.08. The number of fused-ring (bicyclic) bond motifs is 1. The highest BCUT2D eigenvalue weighted by molar-refractivity contribution is 5.79. The summed E-state index contributed by atoms with van der Waals surface area (Å²) in [5, 5.41) is 0. The Morgan fingerprint density at radius 1 is 0.938 bits per heavy atom. The summed E-state index contributed by atoms with van der Waals surface area (Å²) in [6.45, 7) is 11.6. The van der Waals surface area contributed by atoms with Gasteiger partial charge >= 0.3 is 0 Å². The molecule has 1 aliphatic carbocycles. The minimum absolute atomic E-state index is 0.605. The molecule has 1 atom stereocenters. The molecule has 0 aliphatic heterocycles. The first-order chi connectivity index (χ1) is 7.54. The molecule has 0 spiro atoms.